The highest BCUT2D eigenvalue weighted by Crippen LogP contribution is 2.14. The first-order valence-corrected chi connectivity index (χ1v) is 8.71. The lowest BCUT2D eigenvalue weighted by molar-refractivity contribution is 0.601. The van der Waals surface area contributed by atoms with Gasteiger partial charge in [-0.15, -0.1) is 0 Å². The normalized spacial score (nSPS) is 12.9. The van der Waals surface area contributed by atoms with E-state index in [1.165, 1.54) is 12.1 Å². The van der Waals surface area contributed by atoms with Crippen molar-refractivity contribution in [3.05, 3.63) is 24.3 Å². The van der Waals surface area contributed by atoms with Crippen molar-refractivity contribution in [2.75, 3.05) is 12.0 Å². The predicted molar refractivity (Wildman–Crippen MR) is 70.3 cm³/mol. The molecule has 1 unspecified atom stereocenters. The Morgan fingerprint density at radius 3 is 2.33 bits per heavy atom. The molecule has 1 rings (SSSR count). The summed E-state index contributed by atoms with van der Waals surface area (Å²) in [5.74, 6) is 0.500. The minimum atomic E-state index is -3.20. The highest BCUT2D eigenvalue weighted by Gasteiger charge is 2.08. The Balaban J connectivity index is 2.63. The van der Waals surface area contributed by atoms with Gasteiger partial charge in [-0.2, -0.15) is 5.26 Å². The van der Waals surface area contributed by atoms with Gasteiger partial charge in [-0.25, -0.2) is 8.42 Å². The van der Waals surface area contributed by atoms with Crippen molar-refractivity contribution in [1.82, 2.24) is 0 Å². The summed E-state index contributed by atoms with van der Waals surface area (Å²) in [4.78, 5) is 0.854. The van der Waals surface area contributed by atoms with Crippen molar-refractivity contribution in [2.24, 2.45) is 0 Å². The van der Waals surface area contributed by atoms with Crippen molar-refractivity contribution in [3.8, 4) is 6.07 Å². The van der Waals surface area contributed by atoms with Crippen LogP contribution in [0.4, 0.5) is 0 Å². The molecule has 1 aromatic carbocycles. The number of rotatable bonds is 6. The summed E-state index contributed by atoms with van der Waals surface area (Å²) < 4.78 is 34.4. The van der Waals surface area contributed by atoms with Crippen molar-refractivity contribution in [3.63, 3.8) is 0 Å². The third kappa shape index (κ3) is 4.59. The van der Waals surface area contributed by atoms with Crippen LogP contribution in [-0.2, 0) is 20.6 Å². The maximum Gasteiger partial charge on any atom is 0.175 e. The van der Waals surface area contributed by atoms with Crippen LogP contribution in [0.25, 0.3) is 0 Å². The van der Waals surface area contributed by atoms with Crippen LogP contribution in [0.15, 0.2) is 34.1 Å². The topological polar surface area (TPSA) is 75.0 Å². The number of nitrogens with zero attached hydrogens (tertiary/aromatic N) is 1. The monoisotopic (exact) mass is 285 g/mol. The maximum atomic E-state index is 11.8. The zero-order valence-electron chi connectivity index (χ0n) is 10.1. The van der Waals surface area contributed by atoms with E-state index in [9.17, 15) is 12.6 Å². The van der Waals surface area contributed by atoms with Gasteiger partial charge in [0.2, 0.25) is 0 Å². The summed E-state index contributed by atoms with van der Waals surface area (Å²) in [6.07, 6.45) is 3.09. The number of hydrogen-bond acceptors (Lipinski definition) is 4. The quantitative estimate of drug-likeness (QED) is 0.748. The van der Waals surface area contributed by atoms with Gasteiger partial charge in [0, 0.05) is 23.3 Å². The van der Waals surface area contributed by atoms with Crippen LogP contribution >= 0.6 is 0 Å². The first-order chi connectivity index (χ1) is 8.45. The molecule has 0 heterocycles. The summed E-state index contributed by atoms with van der Waals surface area (Å²) in [5, 5.41) is 8.37. The Kier molecular flexibility index (Phi) is 5.51. The largest absolute Gasteiger partial charge is 0.254 e. The smallest absolute Gasteiger partial charge is 0.175 e. The first-order valence-electron chi connectivity index (χ1n) is 5.50. The number of benzene rings is 1. The van der Waals surface area contributed by atoms with Crippen LogP contribution in [0.2, 0.25) is 0 Å². The molecule has 0 N–H and O–H groups in total. The molecule has 1 atom stereocenters. The van der Waals surface area contributed by atoms with Gasteiger partial charge in [0.15, 0.2) is 9.84 Å². The maximum absolute atomic E-state index is 11.8. The zero-order chi connectivity index (χ0) is 13.6. The van der Waals surface area contributed by atoms with E-state index in [2.05, 4.69) is 0 Å². The summed E-state index contributed by atoms with van der Waals surface area (Å²) >= 11 is 0. The summed E-state index contributed by atoms with van der Waals surface area (Å²) in [6.45, 7) is 0. The third-order valence-electron chi connectivity index (χ3n) is 2.38. The van der Waals surface area contributed by atoms with Crippen molar-refractivity contribution >= 4 is 20.6 Å². The molecule has 0 saturated heterocycles. The van der Waals surface area contributed by atoms with Crippen LogP contribution in [0.3, 0.4) is 0 Å². The summed E-state index contributed by atoms with van der Waals surface area (Å²) in [7, 11) is -4.33. The number of hydrogen-bond donors (Lipinski definition) is 0. The van der Waals surface area contributed by atoms with Gasteiger partial charge in [-0.1, -0.05) is 0 Å². The second-order valence-electron chi connectivity index (χ2n) is 3.91. The molecule has 0 aliphatic rings. The predicted octanol–water partition coefficient (Wildman–Crippen LogP) is 1.89. The fourth-order valence-corrected chi connectivity index (χ4v) is 3.17. The molecule has 18 heavy (non-hydrogen) atoms. The second kappa shape index (κ2) is 6.66. The van der Waals surface area contributed by atoms with Crippen molar-refractivity contribution < 1.29 is 12.6 Å². The molecule has 0 spiro atoms. The molecular weight excluding hydrogens is 270 g/mol. The first kappa shape index (κ1) is 14.9. The fraction of sp³-hybridized carbons (Fsp3) is 0.417. The second-order valence-corrected chi connectivity index (χ2v) is 7.49. The van der Waals surface area contributed by atoms with Gasteiger partial charge in [0.05, 0.1) is 21.8 Å². The van der Waals surface area contributed by atoms with Gasteiger partial charge >= 0.3 is 0 Å². The lowest BCUT2D eigenvalue weighted by Gasteiger charge is -2.03. The van der Waals surface area contributed by atoms with E-state index in [1.54, 1.807) is 12.1 Å². The molecule has 0 aliphatic heterocycles. The van der Waals surface area contributed by atoms with Crippen LogP contribution < -0.4 is 0 Å². The SMILES string of the molecule is CS(=O)(=O)c1ccc(S(=O)CCCCC#N)cc1. The highest BCUT2D eigenvalue weighted by atomic mass is 32.2. The van der Waals surface area contributed by atoms with Crippen molar-refractivity contribution in [2.45, 2.75) is 29.1 Å². The zero-order valence-corrected chi connectivity index (χ0v) is 11.8. The lowest BCUT2D eigenvalue weighted by Crippen LogP contribution is -2.00. The van der Waals surface area contributed by atoms with E-state index in [4.69, 9.17) is 5.26 Å². The van der Waals surface area contributed by atoms with E-state index in [1.807, 2.05) is 6.07 Å². The number of sulfone groups is 1. The molecule has 0 bridgehead atoms. The Morgan fingerprint density at radius 2 is 1.83 bits per heavy atom. The average molecular weight is 285 g/mol. The molecule has 0 fully saturated rings. The van der Waals surface area contributed by atoms with Crippen LogP contribution in [0.1, 0.15) is 19.3 Å². The summed E-state index contributed by atoms with van der Waals surface area (Å²) in [5.41, 5.74) is 0. The third-order valence-corrected chi connectivity index (χ3v) is 4.97. The molecule has 1 aromatic rings. The Hall–Kier alpha value is -1.19. The van der Waals surface area contributed by atoms with Gasteiger partial charge in [0.1, 0.15) is 0 Å². The van der Waals surface area contributed by atoms with Gasteiger partial charge in [-0.3, -0.25) is 4.21 Å². The van der Waals surface area contributed by atoms with Gasteiger partial charge < -0.3 is 0 Å². The average Bonchev–Trinajstić information content (AvgIpc) is 2.33. The van der Waals surface area contributed by atoms with Gasteiger partial charge in [-0.05, 0) is 37.1 Å². The van der Waals surface area contributed by atoms with E-state index >= 15 is 0 Å². The minimum absolute atomic E-state index is 0.229. The molecule has 6 heteroatoms. The van der Waals surface area contributed by atoms with Gasteiger partial charge in [0.25, 0.3) is 0 Å². The Labute approximate surface area is 110 Å². The minimum Gasteiger partial charge on any atom is -0.254 e. The van der Waals surface area contributed by atoms with Crippen LogP contribution in [-0.4, -0.2) is 24.6 Å². The Morgan fingerprint density at radius 1 is 1.22 bits per heavy atom. The fourth-order valence-electron chi connectivity index (χ4n) is 1.39. The number of unbranched alkanes of at least 4 members (excludes halogenated alkanes) is 2. The molecule has 0 radical (unpaired) electrons. The van der Waals surface area contributed by atoms with E-state index in [-0.39, 0.29) is 4.90 Å². The lowest BCUT2D eigenvalue weighted by atomic mass is 10.3. The summed E-state index contributed by atoms with van der Waals surface area (Å²) in [6, 6.07) is 8.14. The van der Waals surface area contributed by atoms with E-state index in [0.29, 0.717) is 17.1 Å². The molecule has 0 saturated carbocycles. The van der Waals surface area contributed by atoms with E-state index < -0.39 is 20.6 Å². The molecule has 0 aliphatic carbocycles. The van der Waals surface area contributed by atoms with E-state index in [0.717, 1.165) is 19.1 Å². The Bertz CT molecular complexity index is 556. The molecule has 0 aromatic heterocycles. The molecular formula is C12H15NO3S2. The standard InChI is InChI=1S/C12H15NO3S2/c1-18(15,16)12-7-5-11(6-8-12)17(14)10-4-2-3-9-13/h5-8H,2-4,10H2,1H3. The highest BCUT2D eigenvalue weighted by molar-refractivity contribution is 7.90. The van der Waals surface area contributed by atoms with Crippen LogP contribution in [0.5, 0.6) is 0 Å². The molecule has 0 amide bonds. The van der Waals surface area contributed by atoms with Crippen LogP contribution in [0, 0.1) is 11.3 Å². The molecule has 4 nitrogen and oxygen atoms in total. The number of nitriles is 1. The molecule has 98 valence electrons. The van der Waals surface area contributed by atoms with Crippen molar-refractivity contribution in [1.29, 1.82) is 5.26 Å².